The lowest BCUT2D eigenvalue weighted by Gasteiger charge is -2.21. The minimum atomic E-state index is -0.491. The molecular formula is C18H18N2O3S. The first-order chi connectivity index (χ1) is 11.5. The normalized spacial score (nSPS) is 11.0. The number of pyridine rings is 1. The van der Waals surface area contributed by atoms with Gasteiger partial charge in [0.05, 0.1) is 5.39 Å². The van der Waals surface area contributed by atoms with Crippen molar-refractivity contribution in [3.63, 3.8) is 0 Å². The summed E-state index contributed by atoms with van der Waals surface area (Å²) < 4.78 is 1.43. The fourth-order valence-corrected chi connectivity index (χ4v) is 3.85. The number of fused-ring (bicyclic) bond motifs is 1. The molecule has 3 aromatic rings. The first-order valence-electron chi connectivity index (χ1n) is 7.64. The summed E-state index contributed by atoms with van der Waals surface area (Å²) in [7, 11) is 1.62. The fourth-order valence-electron chi connectivity index (χ4n) is 2.83. The Morgan fingerprint density at radius 3 is 2.58 bits per heavy atom. The zero-order valence-electron chi connectivity index (χ0n) is 13.7. The Morgan fingerprint density at radius 1 is 1.29 bits per heavy atom. The standard InChI is InChI=1S/C18H18N2O3S/c1-4-20(12-8-6-5-7-9-12)17(23)14-15(21)13-11(2)10-24-18(13)19(3)16(14)22/h5-10,21H,4H2,1-3H3. The number of hydrogen-bond donors (Lipinski definition) is 1. The van der Waals surface area contributed by atoms with Gasteiger partial charge in [-0.25, -0.2) is 0 Å². The minimum Gasteiger partial charge on any atom is -0.506 e. The molecule has 124 valence electrons. The maximum Gasteiger partial charge on any atom is 0.268 e. The van der Waals surface area contributed by atoms with Gasteiger partial charge >= 0.3 is 0 Å². The Morgan fingerprint density at radius 2 is 1.96 bits per heavy atom. The molecule has 0 saturated carbocycles. The number of rotatable bonds is 3. The molecule has 0 fully saturated rings. The Balaban J connectivity index is 2.23. The molecule has 6 heteroatoms. The highest BCUT2D eigenvalue weighted by atomic mass is 32.1. The van der Waals surface area contributed by atoms with Crippen molar-refractivity contribution < 1.29 is 9.90 Å². The number of aromatic nitrogens is 1. The Bertz CT molecular complexity index is 973. The van der Waals surface area contributed by atoms with E-state index < -0.39 is 11.5 Å². The third-order valence-corrected chi connectivity index (χ3v) is 5.27. The van der Waals surface area contributed by atoms with E-state index in [0.29, 0.717) is 22.4 Å². The summed E-state index contributed by atoms with van der Waals surface area (Å²) in [5.41, 5.74) is 0.868. The molecule has 1 N–H and O–H groups in total. The number of thiophene rings is 1. The Kier molecular flexibility index (Phi) is 4.15. The number of carbonyl (C=O) groups excluding carboxylic acids is 1. The summed E-state index contributed by atoms with van der Waals surface area (Å²) in [5.74, 6) is -0.722. The number of para-hydroxylation sites is 1. The van der Waals surface area contributed by atoms with Gasteiger partial charge in [-0.2, -0.15) is 0 Å². The van der Waals surface area contributed by atoms with Crippen molar-refractivity contribution in [2.45, 2.75) is 13.8 Å². The van der Waals surface area contributed by atoms with Crippen molar-refractivity contribution in [1.82, 2.24) is 4.57 Å². The summed E-state index contributed by atoms with van der Waals surface area (Å²) >= 11 is 1.38. The second-order valence-electron chi connectivity index (χ2n) is 5.57. The molecule has 2 aromatic heterocycles. The Labute approximate surface area is 143 Å². The van der Waals surface area contributed by atoms with Crippen molar-refractivity contribution in [3.8, 4) is 5.75 Å². The zero-order chi connectivity index (χ0) is 17.4. The maximum absolute atomic E-state index is 13.0. The number of aromatic hydroxyl groups is 1. The number of hydrogen-bond acceptors (Lipinski definition) is 4. The van der Waals surface area contributed by atoms with Crippen LogP contribution in [0.3, 0.4) is 0 Å². The van der Waals surface area contributed by atoms with E-state index in [1.54, 1.807) is 19.2 Å². The van der Waals surface area contributed by atoms with Crippen LogP contribution in [0.2, 0.25) is 0 Å². The van der Waals surface area contributed by atoms with Crippen molar-refractivity contribution >= 4 is 33.1 Å². The minimum absolute atomic E-state index is 0.183. The lowest BCUT2D eigenvalue weighted by Crippen LogP contribution is -2.36. The molecule has 1 amide bonds. The summed E-state index contributed by atoms with van der Waals surface area (Å²) in [6.07, 6.45) is 0. The van der Waals surface area contributed by atoms with E-state index in [4.69, 9.17) is 0 Å². The first-order valence-corrected chi connectivity index (χ1v) is 8.52. The number of benzene rings is 1. The molecule has 0 aliphatic rings. The molecule has 0 spiro atoms. The van der Waals surface area contributed by atoms with Crippen LogP contribution in [0.1, 0.15) is 22.8 Å². The number of nitrogens with zero attached hydrogens (tertiary/aromatic N) is 2. The van der Waals surface area contributed by atoms with Gasteiger partial charge in [-0.1, -0.05) is 18.2 Å². The van der Waals surface area contributed by atoms with E-state index in [1.807, 2.05) is 37.4 Å². The van der Waals surface area contributed by atoms with Crippen LogP contribution < -0.4 is 10.5 Å². The predicted molar refractivity (Wildman–Crippen MR) is 97.3 cm³/mol. The van der Waals surface area contributed by atoms with Gasteiger partial charge in [-0.3, -0.25) is 9.59 Å². The molecule has 0 unspecified atom stereocenters. The number of anilines is 1. The van der Waals surface area contributed by atoms with Crippen molar-refractivity contribution in [1.29, 1.82) is 0 Å². The summed E-state index contributed by atoms with van der Waals surface area (Å²) in [5, 5.41) is 13.1. The van der Waals surface area contributed by atoms with Crippen LogP contribution in [-0.2, 0) is 7.05 Å². The average Bonchev–Trinajstić information content (AvgIpc) is 2.97. The highest BCUT2D eigenvalue weighted by Crippen LogP contribution is 2.34. The number of amides is 1. The highest BCUT2D eigenvalue weighted by Gasteiger charge is 2.27. The molecule has 0 aliphatic carbocycles. The second kappa shape index (κ2) is 6.13. The Hall–Kier alpha value is -2.60. The smallest absolute Gasteiger partial charge is 0.268 e. The lowest BCUT2D eigenvalue weighted by atomic mass is 10.1. The average molecular weight is 342 g/mol. The third-order valence-electron chi connectivity index (χ3n) is 4.10. The van der Waals surface area contributed by atoms with E-state index in [2.05, 4.69) is 0 Å². The molecule has 0 radical (unpaired) electrons. The number of carbonyl (C=O) groups is 1. The monoisotopic (exact) mass is 342 g/mol. The van der Waals surface area contributed by atoms with Gasteiger partial charge in [0.25, 0.3) is 11.5 Å². The van der Waals surface area contributed by atoms with Crippen molar-refractivity contribution in [2.75, 3.05) is 11.4 Å². The van der Waals surface area contributed by atoms with Crippen LogP contribution in [0.25, 0.3) is 10.2 Å². The molecule has 0 atom stereocenters. The van der Waals surface area contributed by atoms with Crippen LogP contribution in [0.4, 0.5) is 5.69 Å². The predicted octanol–water partition coefficient (Wildman–Crippen LogP) is 3.28. The molecule has 0 saturated heterocycles. The third kappa shape index (κ3) is 2.39. The van der Waals surface area contributed by atoms with E-state index in [0.717, 1.165) is 5.56 Å². The van der Waals surface area contributed by atoms with Gasteiger partial charge < -0.3 is 14.6 Å². The largest absolute Gasteiger partial charge is 0.506 e. The van der Waals surface area contributed by atoms with Gasteiger partial charge in [0, 0.05) is 19.3 Å². The SMILES string of the molecule is CCN(C(=O)c1c(O)c2c(C)csc2n(C)c1=O)c1ccccc1. The van der Waals surface area contributed by atoms with Crippen molar-refractivity contribution in [3.05, 3.63) is 57.2 Å². The van der Waals surface area contributed by atoms with Crippen molar-refractivity contribution in [2.24, 2.45) is 7.05 Å². The molecule has 5 nitrogen and oxygen atoms in total. The van der Waals surface area contributed by atoms with E-state index in [1.165, 1.54) is 20.8 Å². The highest BCUT2D eigenvalue weighted by molar-refractivity contribution is 7.17. The molecule has 24 heavy (non-hydrogen) atoms. The maximum atomic E-state index is 13.0. The summed E-state index contributed by atoms with van der Waals surface area (Å²) in [6, 6.07) is 9.12. The van der Waals surface area contributed by atoms with E-state index >= 15 is 0 Å². The molecular weight excluding hydrogens is 324 g/mol. The van der Waals surface area contributed by atoms with Crippen LogP contribution in [0, 0.1) is 6.92 Å². The molecule has 1 aromatic carbocycles. The molecule has 0 bridgehead atoms. The van der Waals surface area contributed by atoms with Crippen LogP contribution in [0.5, 0.6) is 5.75 Å². The fraction of sp³-hybridized carbons (Fsp3) is 0.222. The second-order valence-corrected chi connectivity index (χ2v) is 6.43. The van der Waals surface area contributed by atoms with Gasteiger partial charge in [0.2, 0.25) is 0 Å². The van der Waals surface area contributed by atoms with Crippen LogP contribution in [0.15, 0.2) is 40.5 Å². The van der Waals surface area contributed by atoms with E-state index in [-0.39, 0.29) is 11.3 Å². The molecule has 2 heterocycles. The van der Waals surface area contributed by atoms with Crippen LogP contribution in [-0.4, -0.2) is 22.1 Å². The lowest BCUT2D eigenvalue weighted by molar-refractivity contribution is 0.0984. The van der Waals surface area contributed by atoms with Gasteiger partial charge in [-0.05, 0) is 36.9 Å². The summed E-state index contributed by atoms with van der Waals surface area (Å²) in [6.45, 7) is 4.08. The molecule has 3 rings (SSSR count). The number of aryl methyl sites for hydroxylation is 2. The quantitative estimate of drug-likeness (QED) is 0.794. The first kappa shape index (κ1) is 16.3. The zero-order valence-corrected chi connectivity index (χ0v) is 14.6. The van der Waals surface area contributed by atoms with Gasteiger partial charge in [-0.15, -0.1) is 11.3 Å². The van der Waals surface area contributed by atoms with Crippen LogP contribution >= 0.6 is 11.3 Å². The molecule has 0 aliphatic heterocycles. The topological polar surface area (TPSA) is 62.5 Å². The van der Waals surface area contributed by atoms with E-state index in [9.17, 15) is 14.7 Å². The summed E-state index contributed by atoms with van der Waals surface area (Å²) in [4.78, 5) is 27.8. The van der Waals surface area contributed by atoms with Gasteiger partial charge in [0.1, 0.15) is 16.1 Å². The van der Waals surface area contributed by atoms with Gasteiger partial charge in [0.15, 0.2) is 0 Å².